The molecule has 0 aliphatic heterocycles. The van der Waals surface area contributed by atoms with Crippen molar-refractivity contribution in [2.75, 3.05) is 17.7 Å². The lowest BCUT2D eigenvalue weighted by atomic mass is 10.3. The molecule has 0 fully saturated rings. The highest BCUT2D eigenvalue weighted by Crippen LogP contribution is 2.27. The minimum atomic E-state index is -3.71. The topological polar surface area (TPSA) is 89.5 Å². The molecule has 1 aromatic carbocycles. The van der Waals surface area contributed by atoms with Crippen LogP contribution in [0.25, 0.3) is 0 Å². The highest BCUT2D eigenvalue weighted by atomic mass is 32.2. The Morgan fingerprint density at radius 3 is 2.50 bits per heavy atom. The maximum absolute atomic E-state index is 12.2. The number of anilines is 1. The number of nitrogens with one attached hydrogen (secondary N) is 1. The predicted molar refractivity (Wildman–Crippen MR) is 92.1 cm³/mol. The van der Waals surface area contributed by atoms with E-state index in [1.807, 2.05) is 0 Å². The van der Waals surface area contributed by atoms with Crippen molar-refractivity contribution in [1.82, 2.24) is 0 Å². The fraction of sp³-hybridized carbons (Fsp3) is 0.250. The molecule has 1 N–H and O–H groups in total. The normalized spacial score (nSPS) is 11.1. The first kappa shape index (κ1) is 18.2. The van der Waals surface area contributed by atoms with E-state index in [1.54, 1.807) is 38.1 Å². The molecule has 0 aliphatic carbocycles. The molecule has 0 spiro atoms. The van der Waals surface area contributed by atoms with E-state index in [9.17, 15) is 18.0 Å². The van der Waals surface area contributed by atoms with Crippen LogP contribution in [0.4, 0.5) is 5.00 Å². The molecule has 0 saturated carbocycles. The smallest absolute Gasteiger partial charge is 0.348 e. The molecule has 2 aromatic rings. The van der Waals surface area contributed by atoms with Gasteiger partial charge in [-0.05, 0) is 37.6 Å². The number of sulfone groups is 1. The molecule has 1 amide bonds. The highest BCUT2D eigenvalue weighted by Gasteiger charge is 2.21. The van der Waals surface area contributed by atoms with E-state index >= 15 is 0 Å². The summed E-state index contributed by atoms with van der Waals surface area (Å²) in [7, 11) is -3.71. The second-order valence-corrected chi connectivity index (χ2v) is 8.01. The number of esters is 1. The predicted octanol–water partition coefficient (Wildman–Crippen LogP) is 2.65. The van der Waals surface area contributed by atoms with Gasteiger partial charge in [-0.25, -0.2) is 13.2 Å². The average Bonchev–Trinajstić information content (AvgIpc) is 2.88. The number of carbonyl (C=O) groups excluding carboxylic acids is 2. The summed E-state index contributed by atoms with van der Waals surface area (Å²) in [6.45, 7) is 3.68. The van der Waals surface area contributed by atoms with Crippen molar-refractivity contribution in [3.05, 3.63) is 46.8 Å². The zero-order valence-electron chi connectivity index (χ0n) is 13.2. The number of rotatable bonds is 6. The van der Waals surface area contributed by atoms with Crippen molar-refractivity contribution in [1.29, 1.82) is 0 Å². The molecule has 0 aliphatic rings. The molecule has 0 bridgehead atoms. The van der Waals surface area contributed by atoms with Gasteiger partial charge in [0.25, 0.3) is 0 Å². The molecule has 24 heavy (non-hydrogen) atoms. The quantitative estimate of drug-likeness (QED) is 0.793. The molecule has 128 valence electrons. The zero-order chi connectivity index (χ0) is 17.7. The summed E-state index contributed by atoms with van der Waals surface area (Å²) >= 11 is 1.06. The first-order chi connectivity index (χ1) is 11.3. The number of ether oxygens (including phenoxy) is 1. The lowest BCUT2D eigenvalue weighted by molar-refractivity contribution is -0.113. The molecule has 0 radical (unpaired) electrons. The monoisotopic (exact) mass is 367 g/mol. The van der Waals surface area contributed by atoms with Crippen molar-refractivity contribution in [2.24, 2.45) is 0 Å². The van der Waals surface area contributed by atoms with Crippen LogP contribution in [0.5, 0.6) is 0 Å². The Kier molecular flexibility index (Phi) is 5.74. The highest BCUT2D eigenvalue weighted by molar-refractivity contribution is 7.92. The number of benzene rings is 1. The van der Waals surface area contributed by atoms with Crippen LogP contribution in [0.1, 0.15) is 22.2 Å². The molecular weight excluding hydrogens is 350 g/mol. The Morgan fingerprint density at radius 1 is 1.21 bits per heavy atom. The molecule has 1 aromatic heterocycles. The molecule has 1 heterocycles. The third-order valence-corrected chi connectivity index (χ3v) is 5.83. The molecule has 0 saturated heterocycles. The van der Waals surface area contributed by atoms with Gasteiger partial charge in [0.1, 0.15) is 10.6 Å². The zero-order valence-corrected chi connectivity index (χ0v) is 14.9. The van der Waals surface area contributed by atoms with Gasteiger partial charge in [0.15, 0.2) is 9.84 Å². The van der Waals surface area contributed by atoms with Crippen molar-refractivity contribution < 1.29 is 22.7 Å². The van der Waals surface area contributed by atoms with Crippen LogP contribution in [-0.2, 0) is 19.4 Å². The van der Waals surface area contributed by atoms with Crippen molar-refractivity contribution >= 4 is 38.1 Å². The van der Waals surface area contributed by atoms with Gasteiger partial charge in [0.05, 0.1) is 16.5 Å². The maximum Gasteiger partial charge on any atom is 0.348 e. The fourth-order valence-electron chi connectivity index (χ4n) is 2.00. The number of hydrogen-bond donors (Lipinski definition) is 1. The van der Waals surface area contributed by atoms with Crippen molar-refractivity contribution in [2.45, 2.75) is 18.7 Å². The van der Waals surface area contributed by atoms with E-state index < -0.39 is 27.5 Å². The summed E-state index contributed by atoms with van der Waals surface area (Å²) in [6.07, 6.45) is 0. The number of carbonyl (C=O) groups is 2. The van der Waals surface area contributed by atoms with E-state index in [0.717, 1.165) is 11.3 Å². The van der Waals surface area contributed by atoms with Gasteiger partial charge < -0.3 is 10.1 Å². The first-order valence-electron chi connectivity index (χ1n) is 7.18. The molecule has 0 atom stereocenters. The summed E-state index contributed by atoms with van der Waals surface area (Å²) < 4.78 is 29.3. The van der Waals surface area contributed by atoms with Crippen LogP contribution in [0.3, 0.4) is 0 Å². The van der Waals surface area contributed by atoms with Gasteiger partial charge in [-0.1, -0.05) is 18.2 Å². The molecular formula is C16H17NO5S2. The van der Waals surface area contributed by atoms with E-state index in [0.29, 0.717) is 15.4 Å². The standard InChI is InChI=1S/C16H17NO5S2/c1-3-22-16(19)15-11(2)9-14(23-15)17-13(18)10-24(20,21)12-7-5-4-6-8-12/h4-9H,3,10H2,1-2H3,(H,17,18). The fourth-order valence-corrected chi connectivity index (χ4v) is 4.14. The maximum atomic E-state index is 12.2. The van der Waals surface area contributed by atoms with Crippen LogP contribution < -0.4 is 5.32 Å². The van der Waals surface area contributed by atoms with Gasteiger partial charge in [0, 0.05) is 0 Å². The minimum Gasteiger partial charge on any atom is -0.462 e. The Balaban J connectivity index is 2.08. The largest absolute Gasteiger partial charge is 0.462 e. The van der Waals surface area contributed by atoms with Gasteiger partial charge in [-0.15, -0.1) is 11.3 Å². The number of aryl methyl sites for hydroxylation is 1. The Bertz CT molecular complexity index is 841. The second-order valence-electron chi connectivity index (χ2n) is 4.96. The molecule has 8 heteroatoms. The summed E-state index contributed by atoms with van der Waals surface area (Å²) in [5.41, 5.74) is 0.666. The van der Waals surface area contributed by atoms with Crippen LogP contribution >= 0.6 is 11.3 Å². The second kappa shape index (κ2) is 7.59. The number of thiophene rings is 1. The lowest BCUT2D eigenvalue weighted by Gasteiger charge is -2.04. The number of amides is 1. The van der Waals surface area contributed by atoms with Gasteiger partial charge in [-0.2, -0.15) is 0 Å². The molecule has 2 rings (SSSR count). The summed E-state index contributed by atoms with van der Waals surface area (Å²) in [5, 5.41) is 2.92. The molecule has 6 nitrogen and oxygen atoms in total. The SMILES string of the molecule is CCOC(=O)c1sc(NC(=O)CS(=O)(=O)c2ccccc2)cc1C. The summed E-state index contributed by atoms with van der Waals surface area (Å²) in [5.74, 6) is -1.78. The van der Waals surface area contributed by atoms with Crippen LogP contribution in [0.15, 0.2) is 41.3 Å². The first-order valence-corrected chi connectivity index (χ1v) is 9.65. The van der Waals surface area contributed by atoms with Gasteiger partial charge in [-0.3, -0.25) is 4.79 Å². The third kappa shape index (κ3) is 4.42. The van der Waals surface area contributed by atoms with Crippen LogP contribution in [0.2, 0.25) is 0 Å². The lowest BCUT2D eigenvalue weighted by Crippen LogP contribution is -2.22. The van der Waals surface area contributed by atoms with Crippen LogP contribution in [0, 0.1) is 6.92 Å². The van der Waals surface area contributed by atoms with Crippen molar-refractivity contribution in [3.63, 3.8) is 0 Å². The van der Waals surface area contributed by atoms with E-state index in [4.69, 9.17) is 4.74 Å². The van der Waals surface area contributed by atoms with E-state index in [-0.39, 0.29) is 11.5 Å². The van der Waals surface area contributed by atoms with E-state index in [1.165, 1.54) is 12.1 Å². The van der Waals surface area contributed by atoms with Crippen LogP contribution in [-0.4, -0.2) is 32.7 Å². The summed E-state index contributed by atoms with van der Waals surface area (Å²) in [4.78, 5) is 24.3. The van der Waals surface area contributed by atoms with Gasteiger partial charge >= 0.3 is 5.97 Å². The minimum absolute atomic E-state index is 0.0923. The Morgan fingerprint density at radius 2 is 1.88 bits per heavy atom. The van der Waals surface area contributed by atoms with E-state index in [2.05, 4.69) is 5.32 Å². The molecule has 0 unspecified atom stereocenters. The average molecular weight is 367 g/mol. The third-order valence-electron chi connectivity index (χ3n) is 3.06. The Hall–Kier alpha value is -2.19. The van der Waals surface area contributed by atoms with Crippen molar-refractivity contribution in [3.8, 4) is 0 Å². The number of hydrogen-bond acceptors (Lipinski definition) is 6. The summed E-state index contributed by atoms with van der Waals surface area (Å²) in [6, 6.07) is 9.39. The Labute approximate surface area is 144 Å². The van der Waals surface area contributed by atoms with Gasteiger partial charge in [0.2, 0.25) is 5.91 Å².